The van der Waals surface area contributed by atoms with Crippen molar-refractivity contribution in [3.05, 3.63) is 35.5 Å². The Labute approximate surface area is 128 Å². The average molecular weight is 300 g/mol. The van der Waals surface area contributed by atoms with Gasteiger partial charge < -0.3 is 10.1 Å². The highest BCUT2D eigenvalue weighted by Crippen LogP contribution is 2.23. The Kier molecular flexibility index (Phi) is 3.98. The van der Waals surface area contributed by atoms with Gasteiger partial charge in [-0.3, -0.25) is 14.5 Å². The van der Waals surface area contributed by atoms with Crippen LogP contribution in [0.1, 0.15) is 28.9 Å². The van der Waals surface area contributed by atoms with Crippen molar-refractivity contribution in [3.8, 4) is 0 Å². The van der Waals surface area contributed by atoms with Gasteiger partial charge in [-0.15, -0.1) is 0 Å². The number of aromatic nitrogens is 1. The van der Waals surface area contributed by atoms with Crippen molar-refractivity contribution in [3.63, 3.8) is 0 Å². The topological polar surface area (TPSA) is 73.4 Å². The number of rotatable bonds is 4. The molecule has 22 heavy (non-hydrogen) atoms. The number of carbonyl (C=O) groups excluding carboxylic acids is 1. The first-order valence-electron chi connectivity index (χ1n) is 7.62. The molecule has 0 unspecified atom stereocenters. The van der Waals surface area contributed by atoms with Gasteiger partial charge in [-0.2, -0.15) is 0 Å². The first-order chi connectivity index (χ1) is 10.6. The Morgan fingerprint density at radius 1 is 1.27 bits per heavy atom. The average Bonchev–Trinajstić information content (AvgIpc) is 2.83. The lowest BCUT2D eigenvalue weighted by Crippen LogP contribution is -2.39. The molecule has 116 valence electrons. The minimum atomic E-state index is -0.724. The van der Waals surface area contributed by atoms with Gasteiger partial charge in [0.2, 0.25) is 0 Å². The van der Waals surface area contributed by atoms with Crippen molar-refractivity contribution >= 4 is 22.7 Å². The van der Waals surface area contributed by atoms with Crippen molar-refractivity contribution < 1.29 is 14.7 Å². The number of carbonyl (C=O) groups is 2. The molecule has 0 amide bonds. The molecule has 5 nitrogen and oxygen atoms in total. The minimum Gasteiger partial charge on any atom is -0.481 e. The number of likely N-dealkylation sites (tertiary alicyclic amines) is 1. The summed E-state index contributed by atoms with van der Waals surface area (Å²) in [5.74, 6) is -0.886. The zero-order valence-electron chi connectivity index (χ0n) is 12.6. The van der Waals surface area contributed by atoms with Gasteiger partial charge in [0.25, 0.3) is 0 Å². The third-order valence-corrected chi connectivity index (χ3v) is 4.48. The van der Waals surface area contributed by atoms with Crippen LogP contribution >= 0.6 is 0 Å². The zero-order valence-corrected chi connectivity index (χ0v) is 12.6. The zero-order chi connectivity index (χ0) is 15.7. The van der Waals surface area contributed by atoms with E-state index in [1.165, 1.54) is 0 Å². The highest BCUT2D eigenvalue weighted by molar-refractivity contribution is 6.10. The second-order valence-corrected chi connectivity index (χ2v) is 5.98. The number of carboxylic acid groups (broad SMARTS) is 1. The van der Waals surface area contributed by atoms with Crippen LogP contribution in [0, 0.1) is 12.8 Å². The molecular formula is C17H20N2O3. The molecule has 2 heterocycles. The Hall–Kier alpha value is -2.14. The smallest absolute Gasteiger partial charge is 0.306 e. The maximum atomic E-state index is 12.6. The number of aryl methyl sites for hydroxylation is 1. The van der Waals surface area contributed by atoms with Crippen LogP contribution in [0.3, 0.4) is 0 Å². The SMILES string of the molecule is Cc1[nH]c2ccccc2c1C(=O)CN1CCC(C(=O)O)CC1. The Morgan fingerprint density at radius 2 is 1.95 bits per heavy atom. The number of hydrogen-bond acceptors (Lipinski definition) is 3. The number of piperidine rings is 1. The largest absolute Gasteiger partial charge is 0.481 e. The van der Waals surface area contributed by atoms with E-state index in [4.69, 9.17) is 5.11 Å². The number of nitrogens with one attached hydrogen (secondary N) is 1. The van der Waals surface area contributed by atoms with Gasteiger partial charge in [0.1, 0.15) is 0 Å². The lowest BCUT2D eigenvalue weighted by atomic mass is 9.96. The molecule has 1 saturated heterocycles. The van der Waals surface area contributed by atoms with Gasteiger partial charge in [0.05, 0.1) is 12.5 Å². The van der Waals surface area contributed by atoms with Crippen LogP contribution in [-0.4, -0.2) is 46.4 Å². The number of Topliss-reactive ketones (excluding diaryl/α,β-unsaturated/α-hetero) is 1. The molecule has 0 atom stereocenters. The first kappa shape index (κ1) is 14.8. The van der Waals surface area contributed by atoms with Gasteiger partial charge in [-0.25, -0.2) is 0 Å². The predicted octanol–water partition coefficient (Wildman–Crippen LogP) is 2.46. The summed E-state index contributed by atoms with van der Waals surface area (Å²) in [5, 5.41) is 9.99. The molecular weight excluding hydrogens is 280 g/mol. The first-order valence-corrected chi connectivity index (χ1v) is 7.62. The maximum Gasteiger partial charge on any atom is 0.306 e. The Bertz CT molecular complexity index is 712. The summed E-state index contributed by atoms with van der Waals surface area (Å²) in [5.41, 5.74) is 2.63. The van der Waals surface area contributed by atoms with Crippen LogP contribution in [-0.2, 0) is 4.79 Å². The van der Waals surface area contributed by atoms with Crippen LogP contribution in [0.2, 0.25) is 0 Å². The fraction of sp³-hybridized carbons (Fsp3) is 0.412. The molecule has 0 spiro atoms. The van der Waals surface area contributed by atoms with E-state index in [0.717, 1.165) is 22.2 Å². The number of carboxylic acids is 1. The van der Waals surface area contributed by atoms with E-state index in [2.05, 4.69) is 9.88 Å². The molecule has 1 aliphatic rings. The third kappa shape index (κ3) is 2.76. The van der Waals surface area contributed by atoms with Gasteiger partial charge >= 0.3 is 5.97 Å². The maximum absolute atomic E-state index is 12.6. The van der Waals surface area contributed by atoms with E-state index in [1.807, 2.05) is 31.2 Å². The lowest BCUT2D eigenvalue weighted by molar-refractivity contribution is -0.143. The fourth-order valence-electron chi connectivity index (χ4n) is 3.26. The molecule has 3 rings (SSSR count). The lowest BCUT2D eigenvalue weighted by Gasteiger charge is -2.29. The van der Waals surface area contributed by atoms with E-state index in [0.29, 0.717) is 32.5 Å². The number of benzene rings is 1. The molecule has 0 bridgehead atoms. The molecule has 0 radical (unpaired) electrons. The van der Waals surface area contributed by atoms with Crippen molar-refractivity contribution in [1.82, 2.24) is 9.88 Å². The number of nitrogens with zero attached hydrogens (tertiary/aromatic N) is 1. The number of hydrogen-bond donors (Lipinski definition) is 2. The fourth-order valence-corrected chi connectivity index (χ4v) is 3.26. The quantitative estimate of drug-likeness (QED) is 0.851. The standard InChI is InChI=1S/C17H20N2O3/c1-11-16(13-4-2-3-5-14(13)18-11)15(20)10-19-8-6-12(7-9-19)17(21)22/h2-5,12,18H,6-10H2,1H3,(H,21,22). The second kappa shape index (κ2) is 5.93. The van der Waals surface area contributed by atoms with Crippen molar-refractivity contribution in [2.75, 3.05) is 19.6 Å². The summed E-state index contributed by atoms with van der Waals surface area (Å²) < 4.78 is 0. The number of para-hydroxylation sites is 1. The Morgan fingerprint density at radius 3 is 2.64 bits per heavy atom. The number of ketones is 1. The highest BCUT2D eigenvalue weighted by Gasteiger charge is 2.26. The summed E-state index contributed by atoms with van der Waals surface area (Å²) in [6.45, 7) is 3.62. The van der Waals surface area contributed by atoms with Crippen LogP contribution in [0.5, 0.6) is 0 Å². The molecule has 0 saturated carbocycles. The third-order valence-electron chi connectivity index (χ3n) is 4.48. The summed E-state index contributed by atoms with van der Waals surface area (Å²) in [7, 11) is 0. The van der Waals surface area contributed by atoms with Crippen LogP contribution in [0.25, 0.3) is 10.9 Å². The molecule has 0 aliphatic carbocycles. The summed E-state index contributed by atoms with van der Waals surface area (Å²) >= 11 is 0. The molecule has 1 fully saturated rings. The van der Waals surface area contributed by atoms with E-state index in [-0.39, 0.29) is 11.7 Å². The molecule has 2 N–H and O–H groups in total. The van der Waals surface area contributed by atoms with E-state index >= 15 is 0 Å². The molecule has 2 aromatic rings. The van der Waals surface area contributed by atoms with Gasteiger partial charge in [-0.05, 0) is 38.9 Å². The second-order valence-electron chi connectivity index (χ2n) is 5.98. The number of H-pyrrole nitrogens is 1. The number of fused-ring (bicyclic) bond motifs is 1. The summed E-state index contributed by atoms with van der Waals surface area (Å²) in [6.07, 6.45) is 1.24. The van der Waals surface area contributed by atoms with E-state index in [9.17, 15) is 9.59 Å². The highest BCUT2D eigenvalue weighted by atomic mass is 16.4. The normalized spacial score (nSPS) is 17.0. The molecule has 5 heteroatoms. The van der Waals surface area contributed by atoms with E-state index < -0.39 is 5.97 Å². The monoisotopic (exact) mass is 300 g/mol. The predicted molar refractivity (Wildman–Crippen MR) is 84.2 cm³/mol. The van der Waals surface area contributed by atoms with Crippen LogP contribution in [0.4, 0.5) is 0 Å². The van der Waals surface area contributed by atoms with Crippen molar-refractivity contribution in [2.45, 2.75) is 19.8 Å². The number of aliphatic carboxylic acids is 1. The Balaban J connectivity index is 1.72. The van der Waals surface area contributed by atoms with Crippen LogP contribution in [0.15, 0.2) is 24.3 Å². The van der Waals surface area contributed by atoms with Gasteiger partial charge in [0, 0.05) is 22.2 Å². The molecule has 1 aromatic carbocycles. The van der Waals surface area contributed by atoms with E-state index in [1.54, 1.807) is 0 Å². The molecule has 1 aliphatic heterocycles. The number of aromatic amines is 1. The van der Waals surface area contributed by atoms with Gasteiger partial charge in [0.15, 0.2) is 5.78 Å². The summed E-state index contributed by atoms with van der Waals surface area (Å²) in [4.78, 5) is 28.9. The van der Waals surface area contributed by atoms with Crippen molar-refractivity contribution in [2.24, 2.45) is 5.92 Å². The van der Waals surface area contributed by atoms with Crippen molar-refractivity contribution in [1.29, 1.82) is 0 Å². The van der Waals surface area contributed by atoms with Gasteiger partial charge in [-0.1, -0.05) is 18.2 Å². The summed E-state index contributed by atoms with van der Waals surface area (Å²) in [6, 6.07) is 7.81. The molecule has 1 aromatic heterocycles. The van der Waals surface area contributed by atoms with Crippen LogP contribution < -0.4 is 0 Å². The minimum absolute atomic E-state index is 0.101.